The summed E-state index contributed by atoms with van der Waals surface area (Å²) >= 11 is 1.40. The topological polar surface area (TPSA) is 69.0 Å². The SMILES string of the molecule is COc1cc2c(cc1OC)[C@@H](c1ccccc1)N(C(=O)CSc1nnc3ccccn13)CC2. The monoisotopic (exact) mass is 460 g/mol. The van der Waals surface area contributed by atoms with Crippen molar-refractivity contribution in [2.45, 2.75) is 17.6 Å². The number of carbonyl (C=O) groups is 1. The molecule has 2 aromatic heterocycles. The Labute approximate surface area is 196 Å². The third-order valence-electron chi connectivity index (χ3n) is 5.92. The summed E-state index contributed by atoms with van der Waals surface area (Å²) in [6.45, 7) is 0.627. The molecule has 4 aromatic rings. The van der Waals surface area contributed by atoms with E-state index in [0.717, 1.165) is 23.2 Å². The Balaban J connectivity index is 1.46. The lowest BCUT2D eigenvalue weighted by molar-refractivity contribution is -0.130. The van der Waals surface area contributed by atoms with Crippen molar-refractivity contribution in [2.24, 2.45) is 0 Å². The molecule has 1 aliphatic rings. The van der Waals surface area contributed by atoms with Gasteiger partial charge in [-0.3, -0.25) is 9.20 Å². The lowest BCUT2D eigenvalue weighted by Crippen LogP contribution is -2.41. The van der Waals surface area contributed by atoms with Crippen molar-refractivity contribution in [1.82, 2.24) is 19.5 Å². The second-order valence-electron chi connectivity index (χ2n) is 7.76. The van der Waals surface area contributed by atoms with Crippen molar-refractivity contribution in [2.75, 3.05) is 26.5 Å². The molecule has 1 amide bonds. The molecule has 0 spiro atoms. The van der Waals surface area contributed by atoms with Gasteiger partial charge in [0, 0.05) is 12.7 Å². The molecule has 5 rings (SSSR count). The highest BCUT2D eigenvalue weighted by Gasteiger charge is 2.33. The highest BCUT2D eigenvalue weighted by Crippen LogP contribution is 2.41. The normalized spacial score (nSPS) is 15.3. The van der Waals surface area contributed by atoms with Crippen LogP contribution in [0.3, 0.4) is 0 Å². The highest BCUT2D eigenvalue weighted by atomic mass is 32.2. The van der Waals surface area contributed by atoms with E-state index in [9.17, 15) is 4.79 Å². The minimum Gasteiger partial charge on any atom is -0.493 e. The molecule has 0 saturated heterocycles. The summed E-state index contributed by atoms with van der Waals surface area (Å²) < 4.78 is 13.0. The molecule has 0 fully saturated rings. The fourth-order valence-corrected chi connectivity index (χ4v) is 5.15. The Hall–Kier alpha value is -3.52. The van der Waals surface area contributed by atoms with Crippen LogP contribution in [0.4, 0.5) is 0 Å². The molecule has 3 heterocycles. The largest absolute Gasteiger partial charge is 0.493 e. The molecule has 8 heteroatoms. The van der Waals surface area contributed by atoms with E-state index in [1.807, 2.05) is 64.0 Å². The van der Waals surface area contributed by atoms with Crippen molar-refractivity contribution in [3.05, 3.63) is 83.6 Å². The number of nitrogens with zero attached hydrogens (tertiary/aromatic N) is 4. The van der Waals surface area contributed by atoms with Gasteiger partial charge in [-0.2, -0.15) is 0 Å². The van der Waals surface area contributed by atoms with Gasteiger partial charge in [0.15, 0.2) is 22.3 Å². The van der Waals surface area contributed by atoms with Crippen LogP contribution in [0.2, 0.25) is 0 Å². The van der Waals surface area contributed by atoms with E-state index in [4.69, 9.17) is 9.47 Å². The van der Waals surface area contributed by atoms with Crippen LogP contribution in [0.1, 0.15) is 22.7 Å². The number of ether oxygens (including phenoxy) is 2. The van der Waals surface area contributed by atoms with Gasteiger partial charge >= 0.3 is 0 Å². The summed E-state index contributed by atoms with van der Waals surface area (Å²) in [6.07, 6.45) is 2.66. The van der Waals surface area contributed by atoms with E-state index in [1.54, 1.807) is 14.2 Å². The second kappa shape index (κ2) is 9.15. The molecule has 168 valence electrons. The molecular weight excluding hydrogens is 436 g/mol. The predicted octanol–water partition coefficient (Wildman–Crippen LogP) is 4.01. The van der Waals surface area contributed by atoms with E-state index < -0.39 is 0 Å². The first kappa shape index (κ1) is 21.3. The van der Waals surface area contributed by atoms with Crippen molar-refractivity contribution in [1.29, 1.82) is 0 Å². The average Bonchev–Trinajstić information content (AvgIpc) is 3.29. The van der Waals surface area contributed by atoms with Gasteiger partial charge in [0.1, 0.15) is 0 Å². The maximum atomic E-state index is 13.5. The predicted molar refractivity (Wildman–Crippen MR) is 127 cm³/mol. The number of fused-ring (bicyclic) bond motifs is 2. The van der Waals surface area contributed by atoms with Crippen LogP contribution < -0.4 is 9.47 Å². The van der Waals surface area contributed by atoms with Gasteiger partial charge in [-0.1, -0.05) is 48.2 Å². The Morgan fingerprint density at radius 2 is 1.79 bits per heavy atom. The van der Waals surface area contributed by atoms with Gasteiger partial charge < -0.3 is 14.4 Å². The van der Waals surface area contributed by atoms with Crippen molar-refractivity contribution >= 4 is 23.3 Å². The van der Waals surface area contributed by atoms with Gasteiger partial charge in [0.25, 0.3) is 0 Å². The number of carbonyl (C=O) groups excluding carboxylic acids is 1. The van der Waals surface area contributed by atoms with Crippen LogP contribution in [-0.4, -0.2) is 51.9 Å². The molecule has 1 atom stereocenters. The van der Waals surface area contributed by atoms with Gasteiger partial charge in [-0.15, -0.1) is 10.2 Å². The highest BCUT2D eigenvalue weighted by molar-refractivity contribution is 7.99. The second-order valence-corrected chi connectivity index (χ2v) is 8.70. The number of aromatic nitrogens is 3. The van der Waals surface area contributed by atoms with Crippen molar-refractivity contribution in [3.63, 3.8) is 0 Å². The molecule has 0 bridgehead atoms. The molecule has 0 aliphatic carbocycles. The third-order valence-corrected chi connectivity index (χ3v) is 6.84. The first-order chi connectivity index (χ1) is 16.2. The number of benzene rings is 2. The van der Waals surface area contributed by atoms with Crippen molar-refractivity contribution < 1.29 is 14.3 Å². The van der Waals surface area contributed by atoms with E-state index >= 15 is 0 Å². The number of thioether (sulfide) groups is 1. The Morgan fingerprint density at radius 1 is 1.03 bits per heavy atom. The van der Waals surface area contributed by atoms with Gasteiger partial charge in [0.05, 0.1) is 26.0 Å². The quantitative estimate of drug-likeness (QED) is 0.405. The summed E-state index contributed by atoms with van der Waals surface area (Å²) in [5.41, 5.74) is 4.07. The average molecular weight is 461 g/mol. The Bertz CT molecular complexity index is 1290. The van der Waals surface area contributed by atoms with E-state index in [1.165, 1.54) is 17.3 Å². The number of hydrogen-bond acceptors (Lipinski definition) is 6. The van der Waals surface area contributed by atoms with Crippen LogP contribution in [0.5, 0.6) is 11.5 Å². The maximum Gasteiger partial charge on any atom is 0.233 e. The molecule has 2 aromatic carbocycles. The molecule has 33 heavy (non-hydrogen) atoms. The molecule has 0 radical (unpaired) electrons. The fourth-order valence-electron chi connectivity index (χ4n) is 4.34. The standard InChI is InChI=1S/C25H24N4O3S/c1-31-20-14-18-11-13-29(23(30)16-33-25-27-26-22-10-6-7-12-28(22)25)24(17-8-4-3-5-9-17)19(18)15-21(20)32-2/h3-10,12,14-15,24H,11,13,16H2,1-2H3/t24-/m1/s1. The lowest BCUT2D eigenvalue weighted by atomic mass is 9.87. The van der Waals surface area contributed by atoms with Crippen LogP contribution in [0.15, 0.2) is 72.0 Å². The zero-order valence-electron chi connectivity index (χ0n) is 18.5. The van der Waals surface area contributed by atoms with Crippen LogP contribution in [0.25, 0.3) is 5.65 Å². The number of methoxy groups -OCH3 is 2. The van der Waals surface area contributed by atoms with Crippen LogP contribution >= 0.6 is 11.8 Å². The minimum atomic E-state index is -0.196. The first-order valence-electron chi connectivity index (χ1n) is 10.7. The van der Waals surface area contributed by atoms with Gasteiger partial charge in [0.2, 0.25) is 5.91 Å². The van der Waals surface area contributed by atoms with E-state index in [2.05, 4.69) is 22.3 Å². The van der Waals surface area contributed by atoms with Crippen LogP contribution in [0, 0.1) is 0 Å². The van der Waals surface area contributed by atoms with Crippen molar-refractivity contribution in [3.8, 4) is 11.5 Å². The van der Waals surface area contributed by atoms with Gasteiger partial charge in [-0.25, -0.2) is 0 Å². The number of hydrogen-bond donors (Lipinski definition) is 0. The summed E-state index contributed by atoms with van der Waals surface area (Å²) in [7, 11) is 3.27. The molecule has 7 nitrogen and oxygen atoms in total. The third kappa shape index (κ3) is 4.02. The lowest BCUT2D eigenvalue weighted by Gasteiger charge is -2.38. The number of rotatable bonds is 6. The molecule has 0 unspecified atom stereocenters. The number of pyridine rings is 1. The number of amides is 1. The zero-order chi connectivity index (χ0) is 22.8. The maximum absolute atomic E-state index is 13.5. The van der Waals surface area contributed by atoms with Gasteiger partial charge in [-0.05, 0) is 47.4 Å². The molecule has 0 saturated carbocycles. The molecule has 0 N–H and O–H groups in total. The minimum absolute atomic E-state index is 0.0574. The molecule has 1 aliphatic heterocycles. The summed E-state index contributed by atoms with van der Waals surface area (Å²) in [6, 6.07) is 19.7. The zero-order valence-corrected chi connectivity index (χ0v) is 19.3. The summed E-state index contributed by atoms with van der Waals surface area (Å²) in [5.74, 6) is 1.71. The Morgan fingerprint density at radius 3 is 2.58 bits per heavy atom. The Kier molecular flexibility index (Phi) is 5.92. The first-order valence-corrected chi connectivity index (χ1v) is 11.7. The molecular formula is C25H24N4O3S. The summed E-state index contributed by atoms with van der Waals surface area (Å²) in [5, 5.41) is 9.13. The van der Waals surface area contributed by atoms with E-state index in [0.29, 0.717) is 23.2 Å². The van der Waals surface area contributed by atoms with E-state index in [-0.39, 0.29) is 17.7 Å². The van der Waals surface area contributed by atoms with Crippen LogP contribution in [-0.2, 0) is 11.2 Å². The summed E-state index contributed by atoms with van der Waals surface area (Å²) in [4.78, 5) is 15.5. The fraction of sp³-hybridized carbons (Fsp3) is 0.240. The smallest absolute Gasteiger partial charge is 0.233 e.